The van der Waals surface area contributed by atoms with Crippen LogP contribution in [0.25, 0.3) is 21.5 Å². The molecule has 0 radical (unpaired) electrons. The lowest BCUT2D eigenvalue weighted by atomic mass is 9.83. The number of benzene rings is 2. The largest absolute Gasteiger partial charge is 0.478 e. The van der Waals surface area contributed by atoms with E-state index < -0.39 is 11.6 Å². The number of nitrogens with zero attached hydrogens (tertiary/aromatic N) is 2. The zero-order chi connectivity index (χ0) is 25.7. The molecule has 2 N–H and O–H groups in total. The van der Waals surface area contributed by atoms with E-state index in [0.717, 1.165) is 24.2 Å². The molecule has 2 aliphatic rings. The van der Waals surface area contributed by atoms with Gasteiger partial charge >= 0.3 is 5.97 Å². The third-order valence-electron chi connectivity index (χ3n) is 7.23. The second kappa shape index (κ2) is 9.67. The summed E-state index contributed by atoms with van der Waals surface area (Å²) >= 11 is 14.2. The van der Waals surface area contributed by atoms with Gasteiger partial charge in [-0.05, 0) is 62.8 Å². The third kappa shape index (κ3) is 4.66. The molecule has 4 aromatic rings. The average Bonchev–Trinajstić information content (AvgIpc) is 3.48. The first-order chi connectivity index (χ1) is 17.8. The number of aromatic carboxylic acids is 1. The van der Waals surface area contributed by atoms with Crippen LogP contribution in [0.5, 0.6) is 0 Å². The van der Waals surface area contributed by atoms with E-state index in [1.165, 1.54) is 11.3 Å². The maximum atomic E-state index is 11.6. The number of ether oxygens (including phenoxy) is 1. The Morgan fingerprint density at radius 3 is 2.49 bits per heavy atom. The van der Waals surface area contributed by atoms with Gasteiger partial charge in [-0.3, -0.25) is 0 Å². The molecule has 192 valence electrons. The van der Waals surface area contributed by atoms with Gasteiger partial charge in [0.05, 0.1) is 38.5 Å². The molecule has 7 nitrogen and oxygen atoms in total. The number of halogens is 2. The number of hydrogen-bond acceptors (Lipinski definition) is 7. The molecule has 10 heteroatoms. The van der Waals surface area contributed by atoms with Gasteiger partial charge < -0.3 is 19.5 Å². The van der Waals surface area contributed by atoms with Crippen molar-refractivity contribution in [2.75, 3.05) is 0 Å². The van der Waals surface area contributed by atoms with E-state index in [0.29, 0.717) is 74.7 Å². The number of rotatable bonds is 7. The standard InChI is InChI=1S/C27H24Cl2N2O5S/c28-18-4-2-5-19(29)21(18)22-17(23(36-31-22)14-7-8-14)13-35-15-9-11-27(34,12-10-15)26-30-20-6-1-3-16(25(32)33)24(20)37-26/h1-6,14-15,34H,7-13H2,(H,32,33). The second-order valence-corrected chi connectivity index (χ2v) is 11.6. The average molecular weight is 559 g/mol. The number of carbonyl (C=O) groups is 1. The third-order valence-corrected chi connectivity index (χ3v) is 9.16. The maximum Gasteiger partial charge on any atom is 0.337 e. The highest BCUT2D eigenvalue weighted by molar-refractivity contribution is 7.19. The topological polar surface area (TPSA) is 106 Å². The Balaban J connectivity index is 1.18. The Morgan fingerprint density at radius 1 is 1.11 bits per heavy atom. The van der Waals surface area contributed by atoms with Crippen LogP contribution < -0.4 is 0 Å². The van der Waals surface area contributed by atoms with Gasteiger partial charge in [-0.2, -0.15) is 0 Å². The minimum absolute atomic E-state index is 0.0549. The predicted molar refractivity (Wildman–Crippen MR) is 141 cm³/mol. The van der Waals surface area contributed by atoms with E-state index in [4.69, 9.17) is 32.5 Å². The molecule has 2 heterocycles. The predicted octanol–water partition coefficient (Wildman–Crippen LogP) is 7.18. The van der Waals surface area contributed by atoms with E-state index in [1.54, 1.807) is 36.4 Å². The molecule has 2 saturated carbocycles. The summed E-state index contributed by atoms with van der Waals surface area (Å²) < 4.78 is 12.7. The van der Waals surface area contributed by atoms with Crippen LogP contribution in [-0.4, -0.2) is 32.4 Å². The number of carboxylic acids is 1. The quantitative estimate of drug-likeness (QED) is 0.247. The van der Waals surface area contributed by atoms with Crippen LogP contribution in [0.1, 0.15) is 71.1 Å². The van der Waals surface area contributed by atoms with E-state index >= 15 is 0 Å². The van der Waals surface area contributed by atoms with E-state index in [1.807, 2.05) is 0 Å². The van der Waals surface area contributed by atoms with Crippen LogP contribution in [-0.2, 0) is 16.9 Å². The summed E-state index contributed by atoms with van der Waals surface area (Å²) in [5.74, 6) is 0.177. The molecule has 2 fully saturated rings. The van der Waals surface area contributed by atoms with Gasteiger partial charge in [-0.1, -0.05) is 40.5 Å². The van der Waals surface area contributed by atoms with Gasteiger partial charge in [0.2, 0.25) is 0 Å². The monoisotopic (exact) mass is 558 g/mol. The Hall–Kier alpha value is -2.49. The van der Waals surface area contributed by atoms with Gasteiger partial charge in [0.1, 0.15) is 22.1 Å². The number of fused-ring (bicyclic) bond motifs is 1. The van der Waals surface area contributed by atoms with Crippen molar-refractivity contribution in [1.82, 2.24) is 10.1 Å². The summed E-state index contributed by atoms with van der Waals surface area (Å²) in [5.41, 5.74) is 1.84. The van der Waals surface area contributed by atoms with Crippen LogP contribution in [0.3, 0.4) is 0 Å². The molecule has 2 aromatic heterocycles. The lowest BCUT2D eigenvalue weighted by Gasteiger charge is -2.34. The van der Waals surface area contributed by atoms with Crippen molar-refractivity contribution >= 4 is 50.7 Å². The Morgan fingerprint density at radius 2 is 1.81 bits per heavy atom. The summed E-state index contributed by atoms with van der Waals surface area (Å²) in [5, 5.41) is 26.8. The molecule has 0 amide bonds. The fourth-order valence-corrected chi connectivity index (χ4v) is 6.81. The molecule has 0 saturated heterocycles. The molecule has 0 aliphatic heterocycles. The van der Waals surface area contributed by atoms with Crippen LogP contribution in [0.15, 0.2) is 40.9 Å². The Bertz CT molecular complexity index is 1470. The molecule has 0 spiro atoms. The Labute approximate surface area is 227 Å². The molecule has 0 bridgehead atoms. The van der Waals surface area contributed by atoms with E-state index in [9.17, 15) is 15.0 Å². The summed E-state index contributed by atoms with van der Waals surface area (Å²) in [6.45, 7) is 0.318. The maximum absolute atomic E-state index is 11.6. The highest BCUT2D eigenvalue weighted by Gasteiger charge is 2.39. The minimum Gasteiger partial charge on any atom is -0.478 e. The van der Waals surface area contributed by atoms with Crippen molar-refractivity contribution < 1.29 is 24.3 Å². The van der Waals surface area contributed by atoms with Crippen LogP contribution in [0.2, 0.25) is 10.0 Å². The molecule has 0 unspecified atom stereocenters. The first-order valence-electron chi connectivity index (χ1n) is 12.2. The van der Waals surface area contributed by atoms with Crippen molar-refractivity contribution in [3.63, 3.8) is 0 Å². The normalized spacial score (nSPS) is 22.0. The summed E-state index contributed by atoms with van der Waals surface area (Å²) in [6, 6.07) is 10.4. The summed E-state index contributed by atoms with van der Waals surface area (Å²) in [4.78, 5) is 16.2. The van der Waals surface area contributed by atoms with Crippen molar-refractivity contribution in [2.45, 2.75) is 62.8 Å². The number of carboxylic acid groups (broad SMARTS) is 1. The second-order valence-electron chi connectivity index (χ2n) is 9.76. The molecule has 6 rings (SSSR count). The van der Waals surface area contributed by atoms with Crippen molar-refractivity contribution in [1.29, 1.82) is 0 Å². The number of thiazole rings is 1. The summed E-state index contributed by atoms with van der Waals surface area (Å²) in [7, 11) is 0. The van der Waals surface area contributed by atoms with Crippen molar-refractivity contribution in [3.05, 3.63) is 68.3 Å². The van der Waals surface area contributed by atoms with Crippen LogP contribution in [0, 0.1) is 0 Å². The lowest BCUT2D eigenvalue weighted by molar-refractivity contribution is -0.0640. The van der Waals surface area contributed by atoms with E-state index in [-0.39, 0.29) is 11.7 Å². The molecule has 2 aliphatic carbocycles. The van der Waals surface area contributed by atoms with Crippen molar-refractivity contribution in [3.8, 4) is 11.3 Å². The molecular weight excluding hydrogens is 535 g/mol. The fourth-order valence-electron chi connectivity index (χ4n) is 5.02. The Kier molecular flexibility index (Phi) is 6.49. The van der Waals surface area contributed by atoms with Crippen LogP contribution in [0.4, 0.5) is 0 Å². The first kappa shape index (κ1) is 24.8. The molecule has 0 atom stereocenters. The minimum atomic E-state index is -1.11. The molecular formula is C27H24Cl2N2O5S. The first-order valence-corrected chi connectivity index (χ1v) is 13.8. The smallest absolute Gasteiger partial charge is 0.337 e. The molecule has 2 aromatic carbocycles. The fraction of sp³-hybridized carbons (Fsp3) is 0.370. The van der Waals surface area contributed by atoms with Gasteiger partial charge in [-0.15, -0.1) is 11.3 Å². The van der Waals surface area contributed by atoms with Gasteiger partial charge in [0.25, 0.3) is 0 Å². The van der Waals surface area contributed by atoms with Crippen LogP contribution >= 0.6 is 34.5 Å². The van der Waals surface area contributed by atoms with Gasteiger partial charge in [-0.25, -0.2) is 9.78 Å². The SMILES string of the molecule is O=C(O)c1cccc2nc(C3(O)CCC(OCc4c(-c5c(Cl)cccc5Cl)noc4C4CC4)CC3)sc12. The highest BCUT2D eigenvalue weighted by Crippen LogP contribution is 2.47. The highest BCUT2D eigenvalue weighted by atomic mass is 35.5. The zero-order valence-electron chi connectivity index (χ0n) is 19.7. The van der Waals surface area contributed by atoms with Gasteiger partial charge in [0, 0.05) is 17.0 Å². The lowest BCUT2D eigenvalue weighted by Crippen LogP contribution is -2.34. The summed E-state index contributed by atoms with van der Waals surface area (Å²) in [6.07, 6.45) is 4.29. The molecule has 37 heavy (non-hydrogen) atoms. The zero-order valence-corrected chi connectivity index (χ0v) is 22.1. The van der Waals surface area contributed by atoms with E-state index in [2.05, 4.69) is 10.1 Å². The van der Waals surface area contributed by atoms with Gasteiger partial charge in [0.15, 0.2) is 0 Å². The number of hydrogen-bond donors (Lipinski definition) is 2. The number of aromatic nitrogens is 2. The van der Waals surface area contributed by atoms with Crippen molar-refractivity contribution in [2.24, 2.45) is 0 Å². The number of aliphatic hydroxyl groups is 1.